The van der Waals surface area contributed by atoms with Crippen molar-refractivity contribution in [1.82, 2.24) is 0 Å². The van der Waals surface area contributed by atoms with Crippen molar-refractivity contribution in [2.24, 2.45) is 17.8 Å². The Labute approximate surface area is 205 Å². The quantitative estimate of drug-likeness (QED) is 0.252. The Morgan fingerprint density at radius 3 is 2.50 bits per heavy atom. The van der Waals surface area contributed by atoms with Gasteiger partial charge in [0.25, 0.3) is 5.79 Å². The van der Waals surface area contributed by atoms with E-state index in [0.29, 0.717) is 25.7 Å². The third kappa shape index (κ3) is 4.61. The lowest BCUT2D eigenvalue weighted by atomic mass is 9.53. The molecule has 7 nitrogen and oxygen atoms in total. The van der Waals surface area contributed by atoms with E-state index >= 15 is 0 Å². The minimum absolute atomic E-state index is 0.0506. The van der Waals surface area contributed by atoms with Gasteiger partial charge in [-0.15, -0.1) is 11.6 Å². The van der Waals surface area contributed by atoms with Gasteiger partial charge in [0, 0.05) is 10.4 Å². The van der Waals surface area contributed by atoms with Crippen molar-refractivity contribution in [3.8, 4) is 5.75 Å². The third-order valence-electron chi connectivity index (χ3n) is 7.11. The molecule has 1 aliphatic heterocycles. The van der Waals surface area contributed by atoms with Crippen molar-refractivity contribution in [2.75, 3.05) is 6.61 Å². The monoisotopic (exact) mass is 548 g/mol. The lowest BCUT2D eigenvalue weighted by Gasteiger charge is -2.66. The lowest BCUT2D eigenvalue weighted by Crippen LogP contribution is -2.76. The summed E-state index contributed by atoms with van der Waals surface area (Å²) in [5.41, 5.74) is -1.25. The molecule has 1 aromatic carbocycles. The zero-order chi connectivity index (χ0) is 25.2. The van der Waals surface area contributed by atoms with Crippen LogP contribution in [0.4, 0.5) is 13.2 Å². The zero-order valence-electron chi connectivity index (χ0n) is 18.5. The topological polar surface area (TPSA) is 94.5 Å². The van der Waals surface area contributed by atoms with Gasteiger partial charge in [-0.25, -0.2) is 9.45 Å². The summed E-state index contributed by atoms with van der Waals surface area (Å²) < 4.78 is 61.6. The molecule has 6 unspecified atom stereocenters. The molecule has 2 saturated carbocycles. The summed E-state index contributed by atoms with van der Waals surface area (Å²) in [5, 5.41) is -0.144. The van der Waals surface area contributed by atoms with Crippen molar-refractivity contribution in [3.63, 3.8) is 0 Å². The Kier molecular flexibility index (Phi) is 6.83. The van der Waals surface area contributed by atoms with Crippen molar-refractivity contribution < 1.29 is 46.6 Å². The largest absolute Gasteiger partial charge is 0.524 e. The van der Waals surface area contributed by atoms with Crippen molar-refractivity contribution in [2.45, 2.75) is 68.4 Å². The first kappa shape index (κ1) is 26.5. The van der Waals surface area contributed by atoms with E-state index in [0.717, 1.165) is 12.5 Å². The molecule has 2 N–H and O–H groups in total. The summed E-state index contributed by atoms with van der Waals surface area (Å²) in [6.07, 6.45) is -1.70. The second kappa shape index (κ2) is 8.77. The van der Waals surface area contributed by atoms with Crippen LogP contribution in [0.2, 0.25) is 5.02 Å². The number of rotatable bonds is 6. The Balaban J connectivity index is 1.85. The molecule has 1 saturated heterocycles. The number of ether oxygens (including phenoxy) is 1. The summed E-state index contributed by atoms with van der Waals surface area (Å²) in [4.78, 5) is 29.2. The predicted octanol–water partition coefficient (Wildman–Crippen LogP) is 6.09. The first-order valence-electron chi connectivity index (χ1n) is 10.9. The Bertz CT molecular complexity index is 992. The van der Waals surface area contributed by atoms with E-state index in [9.17, 15) is 27.5 Å². The minimum atomic E-state index is -5.01. The van der Waals surface area contributed by atoms with Gasteiger partial charge >= 0.3 is 14.0 Å². The summed E-state index contributed by atoms with van der Waals surface area (Å²) in [5.74, 6) is -2.81. The van der Waals surface area contributed by atoms with Gasteiger partial charge in [-0.1, -0.05) is 37.9 Å². The first-order chi connectivity index (χ1) is 15.6. The zero-order valence-corrected chi connectivity index (χ0v) is 20.9. The molecule has 3 aliphatic rings. The number of alkyl halides is 4. The molecular weight excluding hydrogens is 523 g/mol. The molecule has 13 heteroatoms. The second-order valence-electron chi connectivity index (χ2n) is 9.61. The average Bonchev–Trinajstić information content (AvgIpc) is 2.66. The molecule has 1 spiro atoms. The fraction of sp³-hybridized carbons (Fsp3) is 0.714. The highest BCUT2D eigenvalue weighted by atomic mass is 35.5. The third-order valence-corrected chi connectivity index (χ3v) is 8.32. The van der Waals surface area contributed by atoms with Crippen LogP contribution in [0.3, 0.4) is 0 Å². The number of hydrogen-bond acceptors (Lipinski definition) is 5. The number of hydrogen-bond donors (Lipinski definition) is 2. The highest BCUT2D eigenvalue weighted by Gasteiger charge is 2.76. The minimum Gasteiger partial charge on any atom is -0.403 e. The number of phosphoric acid groups is 1. The van der Waals surface area contributed by atoms with E-state index in [2.05, 4.69) is 4.52 Å². The van der Waals surface area contributed by atoms with Crippen LogP contribution in [0, 0.1) is 17.8 Å². The maximum Gasteiger partial charge on any atom is 0.524 e. The second-order valence-corrected chi connectivity index (χ2v) is 12.0. The summed E-state index contributed by atoms with van der Waals surface area (Å²) in [6, 6.07) is 3.77. The van der Waals surface area contributed by atoms with E-state index in [1.54, 1.807) is 0 Å². The first-order valence-corrected chi connectivity index (χ1v) is 13.2. The molecule has 0 amide bonds. The van der Waals surface area contributed by atoms with Crippen molar-refractivity contribution >= 4 is 31.0 Å². The van der Waals surface area contributed by atoms with Gasteiger partial charge in [0.2, 0.25) is 0 Å². The Morgan fingerprint density at radius 1 is 1.24 bits per heavy atom. The van der Waals surface area contributed by atoms with Gasteiger partial charge in [0.05, 0.1) is 5.02 Å². The molecular formula is C21H26Cl2F3O7P. The van der Waals surface area contributed by atoms with E-state index in [-0.39, 0.29) is 28.3 Å². The summed E-state index contributed by atoms with van der Waals surface area (Å²) in [7, 11) is -5.01. The average molecular weight is 549 g/mol. The van der Waals surface area contributed by atoms with Crippen LogP contribution in [0.25, 0.3) is 0 Å². The van der Waals surface area contributed by atoms with Crippen LogP contribution in [0.15, 0.2) is 18.2 Å². The molecule has 34 heavy (non-hydrogen) atoms. The molecule has 0 aromatic heterocycles. The molecule has 1 aromatic rings. The smallest absolute Gasteiger partial charge is 0.403 e. The molecule has 6 atom stereocenters. The SMILES string of the molecule is CCC1CC2(Cl)CC(C)CC(C2)C12OOC2(OCC(F)(F)F)c1ccc(Cl)c(OP(=O)(O)O)c1. The molecule has 192 valence electrons. The highest BCUT2D eigenvalue weighted by Crippen LogP contribution is 2.67. The van der Waals surface area contributed by atoms with E-state index in [4.69, 9.17) is 37.7 Å². The standard InChI is InChI=1S/C21H26Cl2F3O7P/c1-3-13-9-18(23)8-12(2)6-15(10-18)20(13)21(33-32-20,30-11-19(24,25)26)14-4-5-16(22)17(7-14)31-34(27,28)29/h4-5,7,12-13,15H,3,6,8-11H2,1-2H3,(H2,27,28,29). The summed E-state index contributed by atoms with van der Waals surface area (Å²) in [6.45, 7) is 2.31. The van der Waals surface area contributed by atoms with Crippen LogP contribution in [0.5, 0.6) is 5.75 Å². The maximum absolute atomic E-state index is 13.3. The van der Waals surface area contributed by atoms with Crippen LogP contribution in [-0.2, 0) is 24.9 Å². The normalized spacial score (nSPS) is 38.0. The molecule has 0 radical (unpaired) electrons. The van der Waals surface area contributed by atoms with Crippen LogP contribution >= 0.6 is 31.0 Å². The van der Waals surface area contributed by atoms with E-state index in [1.807, 2.05) is 13.8 Å². The fourth-order valence-corrected chi connectivity index (χ4v) is 7.39. The molecule has 1 heterocycles. The number of phosphoric ester groups is 1. The predicted molar refractivity (Wildman–Crippen MR) is 116 cm³/mol. The van der Waals surface area contributed by atoms with E-state index < -0.39 is 42.6 Å². The lowest BCUT2D eigenvalue weighted by molar-refractivity contribution is -0.646. The molecule has 3 fully saturated rings. The maximum atomic E-state index is 13.3. The number of fused-ring (bicyclic) bond motifs is 3. The van der Waals surface area contributed by atoms with Gasteiger partial charge in [-0.2, -0.15) is 18.1 Å². The van der Waals surface area contributed by atoms with Gasteiger partial charge < -0.3 is 9.26 Å². The Hall–Kier alpha value is -0.580. The molecule has 2 bridgehead atoms. The van der Waals surface area contributed by atoms with Crippen LogP contribution in [0.1, 0.15) is 51.5 Å². The van der Waals surface area contributed by atoms with Gasteiger partial charge in [0.15, 0.2) is 11.4 Å². The number of benzene rings is 1. The van der Waals surface area contributed by atoms with Gasteiger partial charge in [-0.05, 0) is 55.6 Å². The number of halogens is 5. The van der Waals surface area contributed by atoms with Gasteiger partial charge in [0.1, 0.15) is 6.61 Å². The summed E-state index contributed by atoms with van der Waals surface area (Å²) >= 11 is 13.0. The van der Waals surface area contributed by atoms with Crippen LogP contribution < -0.4 is 4.52 Å². The Morgan fingerprint density at radius 2 is 1.94 bits per heavy atom. The molecule has 4 rings (SSSR count). The highest BCUT2D eigenvalue weighted by molar-refractivity contribution is 7.46. The van der Waals surface area contributed by atoms with E-state index in [1.165, 1.54) is 12.1 Å². The van der Waals surface area contributed by atoms with Crippen molar-refractivity contribution in [3.05, 3.63) is 28.8 Å². The fourth-order valence-electron chi connectivity index (χ4n) is 6.14. The van der Waals surface area contributed by atoms with Gasteiger partial charge in [-0.3, -0.25) is 9.79 Å². The van der Waals surface area contributed by atoms with Crippen LogP contribution in [-0.4, -0.2) is 33.0 Å². The molecule has 2 aliphatic carbocycles. The van der Waals surface area contributed by atoms with Crippen molar-refractivity contribution in [1.29, 1.82) is 0 Å².